The number of hydrogen-bond acceptors (Lipinski definition) is 5. The van der Waals surface area contributed by atoms with E-state index >= 15 is 0 Å². The van der Waals surface area contributed by atoms with Crippen molar-refractivity contribution in [3.8, 4) is 5.75 Å². The summed E-state index contributed by atoms with van der Waals surface area (Å²) in [6, 6.07) is 6.20. The molecule has 2 rings (SSSR count). The van der Waals surface area contributed by atoms with E-state index in [1.165, 1.54) is 19.0 Å². The number of carbonyl (C=O) groups excluding carboxylic acids is 1. The monoisotopic (exact) mass is 371 g/mol. The number of likely N-dealkylation sites (tertiary alicyclic amines) is 1. The van der Waals surface area contributed by atoms with Crippen LogP contribution >= 0.6 is 0 Å². The molecule has 2 atom stereocenters. The number of amides is 1. The third-order valence-corrected chi connectivity index (χ3v) is 5.62. The van der Waals surface area contributed by atoms with Gasteiger partial charge in [-0.25, -0.2) is 0 Å². The lowest BCUT2D eigenvalue weighted by atomic mass is 10.0. The molecule has 0 aromatic heterocycles. The summed E-state index contributed by atoms with van der Waals surface area (Å²) in [5.41, 5.74) is 0.503. The maximum atomic E-state index is 12.5. The van der Waals surface area contributed by atoms with Crippen LogP contribution in [0.2, 0.25) is 0 Å². The summed E-state index contributed by atoms with van der Waals surface area (Å²) in [5.74, 6) is 0.493. The first kappa shape index (κ1) is 19.6. The number of aliphatic hydroxyl groups excluding tert-OH is 1. The SMILES string of the molecule is CCOc1ccc(C(=O)N2CC[C@@H](NS(=O)(=O)N(C)C)[C@H](O)C2)cc1. The Hall–Kier alpha value is -1.68. The van der Waals surface area contributed by atoms with Crippen molar-refractivity contribution in [3.63, 3.8) is 0 Å². The second-order valence-corrected chi connectivity index (χ2v) is 7.99. The molecule has 1 aromatic rings. The number of rotatable bonds is 6. The van der Waals surface area contributed by atoms with Gasteiger partial charge in [0, 0.05) is 32.7 Å². The zero-order valence-corrected chi connectivity index (χ0v) is 15.5. The molecule has 1 aromatic carbocycles. The van der Waals surface area contributed by atoms with Gasteiger partial charge in [0.2, 0.25) is 0 Å². The maximum absolute atomic E-state index is 12.5. The average Bonchev–Trinajstić information content (AvgIpc) is 2.57. The molecule has 0 unspecified atom stereocenters. The number of ether oxygens (including phenoxy) is 1. The Kier molecular flexibility index (Phi) is 6.39. The van der Waals surface area contributed by atoms with Crippen molar-refractivity contribution in [2.24, 2.45) is 0 Å². The predicted octanol–water partition coefficient (Wildman–Crippen LogP) is 0.0567. The van der Waals surface area contributed by atoms with Crippen molar-refractivity contribution in [2.75, 3.05) is 33.8 Å². The molecule has 1 aliphatic rings. The van der Waals surface area contributed by atoms with Gasteiger partial charge in [0.1, 0.15) is 5.75 Å². The normalized spacial score (nSPS) is 21.4. The van der Waals surface area contributed by atoms with Gasteiger partial charge in [0.15, 0.2) is 0 Å². The van der Waals surface area contributed by atoms with E-state index in [1.54, 1.807) is 24.3 Å². The van der Waals surface area contributed by atoms with Crippen molar-refractivity contribution in [1.82, 2.24) is 13.9 Å². The number of carbonyl (C=O) groups is 1. The maximum Gasteiger partial charge on any atom is 0.279 e. The van der Waals surface area contributed by atoms with E-state index in [2.05, 4.69) is 4.72 Å². The zero-order chi connectivity index (χ0) is 18.6. The molecule has 2 N–H and O–H groups in total. The molecule has 1 aliphatic heterocycles. The van der Waals surface area contributed by atoms with Gasteiger partial charge >= 0.3 is 0 Å². The van der Waals surface area contributed by atoms with Crippen molar-refractivity contribution >= 4 is 16.1 Å². The predicted molar refractivity (Wildman–Crippen MR) is 93.7 cm³/mol. The quantitative estimate of drug-likeness (QED) is 0.737. The topological polar surface area (TPSA) is 99.2 Å². The number of benzene rings is 1. The van der Waals surface area contributed by atoms with Crippen LogP contribution in [0.1, 0.15) is 23.7 Å². The Balaban J connectivity index is 1.98. The van der Waals surface area contributed by atoms with E-state index in [-0.39, 0.29) is 12.5 Å². The van der Waals surface area contributed by atoms with Gasteiger partial charge in [-0.3, -0.25) is 4.79 Å². The summed E-state index contributed by atoms with van der Waals surface area (Å²) in [6.45, 7) is 2.88. The van der Waals surface area contributed by atoms with Crippen LogP contribution < -0.4 is 9.46 Å². The molecule has 1 fully saturated rings. The van der Waals surface area contributed by atoms with Crippen LogP contribution in [0.25, 0.3) is 0 Å². The van der Waals surface area contributed by atoms with Crippen LogP contribution in [-0.4, -0.2) is 74.6 Å². The van der Waals surface area contributed by atoms with Gasteiger partial charge in [-0.2, -0.15) is 17.4 Å². The smallest absolute Gasteiger partial charge is 0.279 e. The Bertz CT molecular complexity index is 690. The van der Waals surface area contributed by atoms with Crippen molar-refractivity contribution in [1.29, 1.82) is 0 Å². The molecule has 25 heavy (non-hydrogen) atoms. The Labute approximate surface area is 148 Å². The van der Waals surface area contributed by atoms with E-state index in [0.29, 0.717) is 30.9 Å². The van der Waals surface area contributed by atoms with Gasteiger partial charge in [-0.15, -0.1) is 0 Å². The van der Waals surface area contributed by atoms with E-state index in [0.717, 1.165) is 4.31 Å². The van der Waals surface area contributed by atoms with Crippen molar-refractivity contribution in [2.45, 2.75) is 25.5 Å². The molecule has 0 bridgehead atoms. The summed E-state index contributed by atoms with van der Waals surface area (Å²) < 4.78 is 32.6. The lowest BCUT2D eigenvalue weighted by molar-refractivity contribution is 0.0364. The minimum atomic E-state index is -3.62. The first-order valence-electron chi connectivity index (χ1n) is 8.14. The third kappa shape index (κ3) is 4.91. The van der Waals surface area contributed by atoms with Crippen LogP contribution in [-0.2, 0) is 10.2 Å². The molecular formula is C16H25N3O5S. The van der Waals surface area contributed by atoms with E-state index in [4.69, 9.17) is 4.74 Å². The molecule has 1 saturated heterocycles. The molecule has 8 nitrogen and oxygen atoms in total. The molecule has 140 valence electrons. The number of β-amino-alcohol motifs (C(OH)–C–C–N with tert-alkyl or cyclic N) is 1. The van der Waals surface area contributed by atoms with E-state index in [9.17, 15) is 18.3 Å². The minimum absolute atomic E-state index is 0.0761. The molecule has 0 radical (unpaired) electrons. The van der Waals surface area contributed by atoms with Gasteiger partial charge in [-0.05, 0) is 37.6 Å². The molecular weight excluding hydrogens is 346 g/mol. The Morgan fingerprint density at radius 1 is 1.36 bits per heavy atom. The average molecular weight is 371 g/mol. The highest BCUT2D eigenvalue weighted by atomic mass is 32.2. The molecule has 9 heteroatoms. The number of piperidine rings is 1. The Morgan fingerprint density at radius 2 is 2.00 bits per heavy atom. The lowest BCUT2D eigenvalue weighted by Crippen LogP contribution is -2.56. The molecule has 0 aliphatic carbocycles. The second-order valence-electron chi connectivity index (χ2n) is 6.08. The van der Waals surface area contributed by atoms with Crippen LogP contribution in [0.4, 0.5) is 0 Å². The summed E-state index contributed by atoms with van der Waals surface area (Å²) >= 11 is 0. The number of hydrogen-bond donors (Lipinski definition) is 2. The first-order chi connectivity index (χ1) is 11.7. The van der Waals surface area contributed by atoms with Gasteiger partial charge in [0.25, 0.3) is 16.1 Å². The summed E-state index contributed by atoms with van der Waals surface area (Å²) in [4.78, 5) is 14.1. The highest BCUT2D eigenvalue weighted by Gasteiger charge is 2.33. The lowest BCUT2D eigenvalue weighted by Gasteiger charge is -2.36. The van der Waals surface area contributed by atoms with Gasteiger partial charge < -0.3 is 14.7 Å². The Morgan fingerprint density at radius 3 is 2.52 bits per heavy atom. The number of nitrogens with zero attached hydrogens (tertiary/aromatic N) is 2. The minimum Gasteiger partial charge on any atom is -0.494 e. The van der Waals surface area contributed by atoms with Crippen LogP contribution in [0.5, 0.6) is 5.75 Å². The first-order valence-corrected chi connectivity index (χ1v) is 9.58. The fraction of sp³-hybridized carbons (Fsp3) is 0.562. The van der Waals surface area contributed by atoms with Crippen LogP contribution in [0.15, 0.2) is 24.3 Å². The van der Waals surface area contributed by atoms with Crippen LogP contribution in [0, 0.1) is 0 Å². The molecule has 0 spiro atoms. The third-order valence-electron chi connectivity index (χ3n) is 4.06. The van der Waals surface area contributed by atoms with Crippen molar-refractivity contribution < 1.29 is 23.1 Å². The van der Waals surface area contributed by atoms with E-state index < -0.39 is 22.4 Å². The number of aliphatic hydroxyl groups is 1. The largest absolute Gasteiger partial charge is 0.494 e. The van der Waals surface area contributed by atoms with Crippen LogP contribution in [0.3, 0.4) is 0 Å². The molecule has 1 heterocycles. The van der Waals surface area contributed by atoms with Gasteiger partial charge in [-0.1, -0.05) is 0 Å². The summed E-state index contributed by atoms with van der Waals surface area (Å²) in [6.07, 6.45) is -0.619. The highest BCUT2D eigenvalue weighted by Crippen LogP contribution is 2.18. The summed E-state index contributed by atoms with van der Waals surface area (Å²) in [7, 11) is -0.793. The molecule has 0 saturated carbocycles. The zero-order valence-electron chi connectivity index (χ0n) is 14.7. The van der Waals surface area contributed by atoms with Crippen molar-refractivity contribution in [3.05, 3.63) is 29.8 Å². The highest BCUT2D eigenvalue weighted by molar-refractivity contribution is 7.87. The van der Waals surface area contributed by atoms with Gasteiger partial charge in [0.05, 0.1) is 18.8 Å². The summed E-state index contributed by atoms with van der Waals surface area (Å²) in [5, 5.41) is 10.2. The molecule has 1 amide bonds. The second kappa shape index (κ2) is 8.13. The fourth-order valence-electron chi connectivity index (χ4n) is 2.59. The van der Waals surface area contributed by atoms with E-state index in [1.807, 2.05) is 6.92 Å². The number of nitrogens with one attached hydrogen (secondary N) is 1. The fourth-order valence-corrected chi connectivity index (χ4v) is 3.46. The standard InChI is InChI=1S/C16H25N3O5S/c1-4-24-13-7-5-12(6-8-13)16(21)19-10-9-14(15(20)11-19)17-25(22,23)18(2)3/h5-8,14-15,17,20H,4,9-11H2,1-3H3/t14-,15-/m1/s1.